The van der Waals surface area contributed by atoms with E-state index < -0.39 is 10.0 Å². The second-order valence-electron chi connectivity index (χ2n) is 5.57. The van der Waals surface area contributed by atoms with Crippen LogP contribution in [0.4, 0.5) is 5.82 Å². The van der Waals surface area contributed by atoms with E-state index in [0.717, 1.165) is 32.2 Å². The smallest absolute Gasteiger partial charge is 0.243 e. The fourth-order valence-corrected chi connectivity index (χ4v) is 4.26. The van der Waals surface area contributed by atoms with Crippen molar-refractivity contribution in [2.75, 3.05) is 18.9 Å². The van der Waals surface area contributed by atoms with Crippen LogP contribution >= 0.6 is 0 Å². The van der Waals surface area contributed by atoms with E-state index in [4.69, 9.17) is 0 Å². The van der Waals surface area contributed by atoms with Crippen molar-refractivity contribution >= 4 is 15.8 Å². The van der Waals surface area contributed by atoms with Crippen molar-refractivity contribution in [2.45, 2.75) is 56.4 Å². The Morgan fingerprint density at radius 2 is 1.95 bits per heavy atom. The highest BCUT2D eigenvalue weighted by atomic mass is 32.2. The standard InChI is InChI=1S/C15H25N3O2S/c1-3-16-15-12-14(10-11-17-15)21(19,20)18(2)13-8-6-4-5-7-9-13/h10-13H,3-9H2,1-2H3,(H,16,17). The maximum atomic E-state index is 12.8. The first-order valence-electron chi connectivity index (χ1n) is 7.73. The molecule has 1 fully saturated rings. The van der Waals surface area contributed by atoms with Gasteiger partial charge in [-0.15, -0.1) is 0 Å². The van der Waals surface area contributed by atoms with Crippen LogP contribution in [0.2, 0.25) is 0 Å². The summed E-state index contributed by atoms with van der Waals surface area (Å²) in [6.45, 7) is 2.68. The molecule has 0 aromatic carbocycles. The predicted molar refractivity (Wildman–Crippen MR) is 84.8 cm³/mol. The van der Waals surface area contributed by atoms with E-state index in [2.05, 4.69) is 10.3 Å². The van der Waals surface area contributed by atoms with Crippen molar-refractivity contribution in [2.24, 2.45) is 0 Å². The molecule has 0 aliphatic heterocycles. The Morgan fingerprint density at radius 3 is 2.57 bits per heavy atom. The van der Waals surface area contributed by atoms with Crippen LogP contribution in [0.1, 0.15) is 45.4 Å². The quantitative estimate of drug-likeness (QED) is 0.849. The maximum absolute atomic E-state index is 12.8. The number of hydrogen-bond donors (Lipinski definition) is 1. The number of pyridine rings is 1. The molecule has 1 N–H and O–H groups in total. The molecule has 1 aliphatic rings. The van der Waals surface area contributed by atoms with E-state index in [0.29, 0.717) is 10.7 Å². The summed E-state index contributed by atoms with van der Waals surface area (Å²) in [5, 5.41) is 3.05. The monoisotopic (exact) mass is 311 g/mol. The molecule has 6 heteroatoms. The van der Waals surface area contributed by atoms with Crippen LogP contribution in [0, 0.1) is 0 Å². The highest BCUT2D eigenvalue weighted by Gasteiger charge is 2.28. The number of rotatable bonds is 5. The van der Waals surface area contributed by atoms with Gasteiger partial charge < -0.3 is 5.32 Å². The molecule has 0 unspecified atom stereocenters. The normalized spacial score (nSPS) is 17.7. The molecule has 1 aliphatic carbocycles. The maximum Gasteiger partial charge on any atom is 0.243 e. The Kier molecular flexibility index (Phi) is 5.58. The molecule has 2 rings (SSSR count). The Morgan fingerprint density at radius 1 is 1.29 bits per heavy atom. The number of nitrogens with one attached hydrogen (secondary N) is 1. The topological polar surface area (TPSA) is 62.3 Å². The second-order valence-corrected chi connectivity index (χ2v) is 7.57. The van der Waals surface area contributed by atoms with Gasteiger partial charge in [0.05, 0.1) is 4.90 Å². The summed E-state index contributed by atoms with van der Waals surface area (Å²) in [7, 11) is -1.74. The van der Waals surface area contributed by atoms with Gasteiger partial charge in [0.2, 0.25) is 10.0 Å². The molecule has 0 spiro atoms. The number of anilines is 1. The summed E-state index contributed by atoms with van der Waals surface area (Å²) in [6, 6.07) is 3.31. The van der Waals surface area contributed by atoms with Crippen molar-refractivity contribution in [3.63, 3.8) is 0 Å². The first kappa shape index (κ1) is 16.2. The lowest BCUT2D eigenvalue weighted by Gasteiger charge is -2.26. The molecular formula is C15H25N3O2S. The first-order chi connectivity index (χ1) is 10.1. The molecule has 0 radical (unpaired) electrons. The van der Waals surface area contributed by atoms with E-state index in [-0.39, 0.29) is 6.04 Å². The van der Waals surface area contributed by atoms with Crippen molar-refractivity contribution in [3.05, 3.63) is 18.3 Å². The third-order valence-electron chi connectivity index (χ3n) is 4.11. The Bertz CT molecular complexity index is 552. The third-order valence-corrected chi connectivity index (χ3v) is 6.01. The molecule has 0 saturated heterocycles. The summed E-state index contributed by atoms with van der Waals surface area (Å²) in [5.74, 6) is 0.604. The molecule has 1 saturated carbocycles. The van der Waals surface area contributed by atoms with Crippen LogP contribution in [0.15, 0.2) is 23.2 Å². The zero-order valence-electron chi connectivity index (χ0n) is 12.9. The van der Waals surface area contributed by atoms with Gasteiger partial charge in [0.1, 0.15) is 5.82 Å². The predicted octanol–water partition coefficient (Wildman–Crippen LogP) is 2.86. The third kappa shape index (κ3) is 3.95. The van der Waals surface area contributed by atoms with E-state index in [1.54, 1.807) is 29.7 Å². The largest absolute Gasteiger partial charge is 0.370 e. The zero-order valence-corrected chi connectivity index (χ0v) is 13.7. The fourth-order valence-electron chi connectivity index (χ4n) is 2.83. The molecule has 21 heavy (non-hydrogen) atoms. The Hall–Kier alpha value is -1.14. The highest BCUT2D eigenvalue weighted by molar-refractivity contribution is 7.89. The van der Waals surface area contributed by atoms with Gasteiger partial charge in [-0.3, -0.25) is 0 Å². The molecule has 1 aromatic rings. The van der Waals surface area contributed by atoms with Gasteiger partial charge in [-0.05, 0) is 25.8 Å². The van der Waals surface area contributed by atoms with Crippen molar-refractivity contribution < 1.29 is 8.42 Å². The summed E-state index contributed by atoms with van der Waals surface area (Å²) in [6.07, 6.45) is 8.12. The lowest BCUT2D eigenvalue weighted by atomic mass is 10.1. The van der Waals surface area contributed by atoms with Gasteiger partial charge in [0, 0.05) is 31.9 Å². The molecule has 0 bridgehead atoms. The van der Waals surface area contributed by atoms with Crippen LogP contribution < -0.4 is 5.32 Å². The minimum absolute atomic E-state index is 0.119. The van der Waals surface area contributed by atoms with Gasteiger partial charge in [-0.1, -0.05) is 25.7 Å². The van der Waals surface area contributed by atoms with Gasteiger partial charge in [-0.2, -0.15) is 4.31 Å². The molecule has 118 valence electrons. The van der Waals surface area contributed by atoms with E-state index in [1.165, 1.54) is 12.8 Å². The molecule has 1 heterocycles. The van der Waals surface area contributed by atoms with Gasteiger partial charge in [0.25, 0.3) is 0 Å². The van der Waals surface area contributed by atoms with Crippen LogP contribution in [0.3, 0.4) is 0 Å². The highest BCUT2D eigenvalue weighted by Crippen LogP contribution is 2.26. The van der Waals surface area contributed by atoms with Gasteiger partial charge >= 0.3 is 0 Å². The lowest BCUT2D eigenvalue weighted by molar-refractivity contribution is 0.335. The summed E-state index contributed by atoms with van der Waals surface area (Å²) in [4.78, 5) is 4.46. The minimum Gasteiger partial charge on any atom is -0.370 e. The molecule has 0 atom stereocenters. The van der Waals surface area contributed by atoms with Crippen molar-refractivity contribution in [3.8, 4) is 0 Å². The van der Waals surface area contributed by atoms with E-state index >= 15 is 0 Å². The average molecular weight is 311 g/mol. The average Bonchev–Trinajstić information content (AvgIpc) is 2.76. The lowest BCUT2D eigenvalue weighted by Crippen LogP contribution is -2.36. The minimum atomic E-state index is -3.44. The van der Waals surface area contributed by atoms with E-state index in [1.807, 2.05) is 6.92 Å². The van der Waals surface area contributed by atoms with Crippen LogP contribution in [0.5, 0.6) is 0 Å². The molecule has 1 aromatic heterocycles. The Labute approximate surface area is 127 Å². The number of sulfonamides is 1. The fraction of sp³-hybridized carbons (Fsp3) is 0.667. The van der Waals surface area contributed by atoms with Crippen LogP contribution in [0.25, 0.3) is 0 Å². The molecule has 0 amide bonds. The molecule has 5 nitrogen and oxygen atoms in total. The first-order valence-corrected chi connectivity index (χ1v) is 9.17. The van der Waals surface area contributed by atoms with Crippen molar-refractivity contribution in [1.29, 1.82) is 0 Å². The SMILES string of the molecule is CCNc1cc(S(=O)(=O)N(C)C2CCCCCC2)ccn1. The van der Waals surface area contributed by atoms with Crippen molar-refractivity contribution in [1.82, 2.24) is 9.29 Å². The second kappa shape index (κ2) is 7.22. The van der Waals surface area contributed by atoms with Gasteiger partial charge in [-0.25, -0.2) is 13.4 Å². The Balaban J connectivity index is 2.21. The van der Waals surface area contributed by atoms with Crippen LogP contribution in [-0.2, 0) is 10.0 Å². The number of nitrogens with zero attached hydrogens (tertiary/aromatic N) is 2. The summed E-state index contributed by atoms with van der Waals surface area (Å²) >= 11 is 0. The van der Waals surface area contributed by atoms with Crippen LogP contribution in [-0.4, -0.2) is 37.3 Å². The summed E-state index contributed by atoms with van der Waals surface area (Å²) < 4.78 is 27.1. The zero-order chi connectivity index (χ0) is 15.3. The van der Waals surface area contributed by atoms with E-state index in [9.17, 15) is 8.42 Å². The number of hydrogen-bond acceptors (Lipinski definition) is 4. The summed E-state index contributed by atoms with van der Waals surface area (Å²) in [5.41, 5.74) is 0. The van der Waals surface area contributed by atoms with Gasteiger partial charge in [0.15, 0.2) is 0 Å². The molecular weight excluding hydrogens is 286 g/mol. The number of aromatic nitrogens is 1.